The molecule has 0 aromatic heterocycles. The molecule has 112 valence electrons. The van der Waals surface area contributed by atoms with E-state index < -0.39 is 5.82 Å². The number of rotatable bonds is 5. The molecule has 3 nitrogen and oxygen atoms in total. The zero-order chi connectivity index (χ0) is 15.2. The predicted octanol–water partition coefficient (Wildman–Crippen LogP) is 2.48. The first-order valence-corrected chi connectivity index (χ1v) is 7.34. The quantitative estimate of drug-likeness (QED) is 0.818. The molecule has 21 heavy (non-hydrogen) atoms. The average molecular weight is 289 g/mol. The predicted molar refractivity (Wildman–Crippen MR) is 79.3 cm³/mol. The topological polar surface area (TPSA) is 49.3 Å². The Balaban J connectivity index is 2.14. The molecule has 1 unspecified atom stereocenters. The van der Waals surface area contributed by atoms with E-state index in [9.17, 15) is 9.18 Å². The van der Waals surface area contributed by atoms with E-state index >= 15 is 0 Å². The molecule has 1 amide bonds. The van der Waals surface area contributed by atoms with Gasteiger partial charge in [-0.05, 0) is 37.0 Å². The zero-order valence-corrected chi connectivity index (χ0v) is 12.2. The van der Waals surface area contributed by atoms with Crippen LogP contribution in [0.25, 0.3) is 0 Å². The Labute approximate surface area is 124 Å². The Morgan fingerprint density at radius 2 is 2.29 bits per heavy atom. The number of hydrogen-bond donors (Lipinski definition) is 2. The van der Waals surface area contributed by atoms with E-state index in [1.807, 2.05) is 6.92 Å². The highest BCUT2D eigenvalue weighted by atomic mass is 19.1. The number of aliphatic hydroxyl groups is 1. The summed E-state index contributed by atoms with van der Waals surface area (Å²) in [5.74, 6) is 5.13. The van der Waals surface area contributed by atoms with Crippen molar-refractivity contribution in [3.63, 3.8) is 0 Å². The number of aliphatic hydroxyl groups excluding tert-OH is 1. The van der Waals surface area contributed by atoms with E-state index in [1.54, 1.807) is 0 Å². The van der Waals surface area contributed by atoms with Gasteiger partial charge in [0.15, 0.2) is 0 Å². The minimum atomic E-state index is -0.468. The van der Waals surface area contributed by atoms with Crippen LogP contribution >= 0.6 is 0 Å². The third kappa shape index (κ3) is 4.57. The van der Waals surface area contributed by atoms with Gasteiger partial charge in [-0.1, -0.05) is 31.6 Å². The van der Waals surface area contributed by atoms with E-state index in [4.69, 9.17) is 5.11 Å². The van der Waals surface area contributed by atoms with Gasteiger partial charge in [-0.15, -0.1) is 0 Å². The number of hydrogen-bond acceptors (Lipinski definition) is 2. The molecule has 0 radical (unpaired) electrons. The smallest absolute Gasteiger partial charge is 0.252 e. The molecule has 1 atom stereocenters. The number of amides is 1. The molecule has 1 aliphatic rings. The van der Waals surface area contributed by atoms with Crippen LogP contribution in [0, 0.1) is 23.6 Å². The van der Waals surface area contributed by atoms with E-state index in [2.05, 4.69) is 17.2 Å². The first-order valence-electron chi connectivity index (χ1n) is 7.34. The SMILES string of the molecule is CCC(CC1CC1)NC(=O)c1cc(F)ccc1C#CCO. The van der Waals surface area contributed by atoms with Gasteiger partial charge < -0.3 is 10.4 Å². The Hall–Kier alpha value is -1.86. The molecular formula is C17H20FNO2. The molecule has 1 fully saturated rings. The van der Waals surface area contributed by atoms with Crippen molar-refractivity contribution in [2.24, 2.45) is 5.92 Å². The van der Waals surface area contributed by atoms with Crippen molar-refractivity contribution in [1.82, 2.24) is 5.32 Å². The monoisotopic (exact) mass is 289 g/mol. The number of carbonyl (C=O) groups excluding carboxylic acids is 1. The molecule has 0 saturated heterocycles. The lowest BCUT2D eigenvalue weighted by atomic mass is 10.0. The largest absolute Gasteiger partial charge is 0.384 e. The minimum absolute atomic E-state index is 0.118. The fourth-order valence-corrected chi connectivity index (χ4v) is 2.29. The second-order valence-corrected chi connectivity index (χ2v) is 5.41. The Morgan fingerprint density at radius 3 is 2.90 bits per heavy atom. The first-order chi connectivity index (χ1) is 10.1. The van der Waals surface area contributed by atoms with Gasteiger partial charge in [0.1, 0.15) is 12.4 Å². The summed E-state index contributed by atoms with van der Waals surface area (Å²) in [5, 5.41) is 11.7. The summed E-state index contributed by atoms with van der Waals surface area (Å²) in [6, 6.07) is 4.04. The summed E-state index contributed by atoms with van der Waals surface area (Å²) in [5.41, 5.74) is 0.662. The van der Waals surface area contributed by atoms with Crippen molar-refractivity contribution in [1.29, 1.82) is 0 Å². The van der Waals surface area contributed by atoms with Gasteiger partial charge >= 0.3 is 0 Å². The summed E-state index contributed by atoms with van der Waals surface area (Å²) < 4.78 is 13.4. The van der Waals surface area contributed by atoms with E-state index in [1.165, 1.54) is 31.0 Å². The standard InChI is InChI=1S/C17H20FNO2/c1-2-15(10-12-5-6-12)19-17(21)16-11-14(18)8-7-13(16)4-3-9-20/h7-8,11-12,15,20H,2,5-6,9-10H2,1H3,(H,19,21). The fourth-order valence-electron chi connectivity index (χ4n) is 2.29. The maximum atomic E-state index is 13.4. The molecule has 1 saturated carbocycles. The lowest BCUT2D eigenvalue weighted by Crippen LogP contribution is -2.35. The third-order valence-electron chi connectivity index (χ3n) is 3.67. The van der Waals surface area contributed by atoms with Crippen LogP contribution in [0.4, 0.5) is 4.39 Å². The third-order valence-corrected chi connectivity index (χ3v) is 3.67. The fraction of sp³-hybridized carbons (Fsp3) is 0.471. The van der Waals surface area contributed by atoms with Crippen LogP contribution in [0.15, 0.2) is 18.2 Å². The van der Waals surface area contributed by atoms with Gasteiger partial charge in [0.25, 0.3) is 5.91 Å². The summed E-state index contributed by atoms with van der Waals surface area (Å²) in [4.78, 5) is 12.3. The highest BCUT2D eigenvalue weighted by Crippen LogP contribution is 2.34. The first kappa shape index (κ1) is 15.5. The van der Waals surface area contributed by atoms with Crippen LogP contribution < -0.4 is 5.32 Å². The molecule has 0 spiro atoms. The van der Waals surface area contributed by atoms with Crippen LogP contribution in [-0.2, 0) is 0 Å². The molecule has 0 aliphatic heterocycles. The maximum absolute atomic E-state index is 13.4. The zero-order valence-electron chi connectivity index (χ0n) is 12.2. The van der Waals surface area contributed by atoms with Gasteiger partial charge in [-0.25, -0.2) is 4.39 Å². The van der Waals surface area contributed by atoms with Crippen molar-refractivity contribution in [2.45, 2.75) is 38.6 Å². The second-order valence-electron chi connectivity index (χ2n) is 5.41. The number of halogens is 1. The molecule has 2 N–H and O–H groups in total. The lowest BCUT2D eigenvalue weighted by Gasteiger charge is -2.17. The van der Waals surface area contributed by atoms with Crippen molar-refractivity contribution in [3.8, 4) is 11.8 Å². The Bertz CT molecular complexity index is 570. The van der Waals surface area contributed by atoms with Gasteiger partial charge in [0.05, 0.1) is 5.56 Å². The molecule has 1 aromatic carbocycles. The summed E-state index contributed by atoms with van der Waals surface area (Å²) >= 11 is 0. The number of nitrogens with one attached hydrogen (secondary N) is 1. The van der Waals surface area contributed by atoms with Crippen molar-refractivity contribution in [2.75, 3.05) is 6.61 Å². The maximum Gasteiger partial charge on any atom is 0.252 e. The van der Waals surface area contributed by atoms with Crippen molar-refractivity contribution >= 4 is 5.91 Å². The van der Waals surface area contributed by atoms with E-state index in [-0.39, 0.29) is 24.1 Å². The summed E-state index contributed by atoms with van der Waals surface area (Å²) in [7, 11) is 0. The normalized spacial score (nSPS) is 15.0. The molecular weight excluding hydrogens is 269 g/mol. The molecule has 1 aromatic rings. The van der Waals surface area contributed by atoms with E-state index in [0.717, 1.165) is 18.8 Å². The average Bonchev–Trinajstić information content (AvgIpc) is 3.29. The number of carbonyl (C=O) groups is 1. The van der Waals surface area contributed by atoms with E-state index in [0.29, 0.717) is 5.56 Å². The molecule has 2 rings (SSSR count). The minimum Gasteiger partial charge on any atom is -0.384 e. The molecule has 0 heterocycles. The van der Waals surface area contributed by atoms with Gasteiger partial charge in [0, 0.05) is 11.6 Å². The van der Waals surface area contributed by atoms with Crippen molar-refractivity contribution in [3.05, 3.63) is 35.1 Å². The Morgan fingerprint density at radius 1 is 1.52 bits per heavy atom. The van der Waals surface area contributed by atoms with Crippen LogP contribution in [-0.4, -0.2) is 23.7 Å². The highest BCUT2D eigenvalue weighted by Gasteiger charge is 2.26. The molecule has 0 bridgehead atoms. The Kier molecular flexibility index (Phi) is 5.35. The summed E-state index contributed by atoms with van der Waals surface area (Å²) in [6.45, 7) is 1.74. The van der Waals surface area contributed by atoms with Crippen LogP contribution in [0.3, 0.4) is 0 Å². The van der Waals surface area contributed by atoms with Crippen LogP contribution in [0.2, 0.25) is 0 Å². The summed E-state index contributed by atoms with van der Waals surface area (Å²) in [6.07, 6.45) is 4.31. The number of benzene rings is 1. The van der Waals surface area contributed by atoms with Gasteiger partial charge in [-0.3, -0.25) is 4.79 Å². The van der Waals surface area contributed by atoms with Crippen LogP contribution in [0.1, 0.15) is 48.5 Å². The highest BCUT2D eigenvalue weighted by molar-refractivity contribution is 5.96. The van der Waals surface area contributed by atoms with Gasteiger partial charge in [0.2, 0.25) is 0 Å². The van der Waals surface area contributed by atoms with Gasteiger partial charge in [-0.2, -0.15) is 0 Å². The van der Waals surface area contributed by atoms with Crippen LogP contribution in [0.5, 0.6) is 0 Å². The lowest BCUT2D eigenvalue weighted by molar-refractivity contribution is 0.0932. The van der Waals surface area contributed by atoms with Crippen molar-refractivity contribution < 1.29 is 14.3 Å². The molecule has 4 heteroatoms. The molecule has 1 aliphatic carbocycles. The second kappa shape index (κ2) is 7.24.